The lowest BCUT2D eigenvalue weighted by atomic mass is 10.2. The number of nitrogens with one attached hydrogen (secondary N) is 2. The fourth-order valence-corrected chi connectivity index (χ4v) is 2.81. The van der Waals surface area contributed by atoms with Gasteiger partial charge in [-0.25, -0.2) is 13.1 Å². The second-order valence-corrected chi connectivity index (χ2v) is 5.72. The molecular weight excluding hydrogens is 264 g/mol. The van der Waals surface area contributed by atoms with Crippen molar-refractivity contribution in [3.8, 4) is 6.07 Å². The zero-order valence-corrected chi connectivity index (χ0v) is 11.0. The zero-order chi connectivity index (χ0) is 13.9. The number of benzene rings is 1. The van der Waals surface area contributed by atoms with Gasteiger partial charge in [-0.2, -0.15) is 10.4 Å². The van der Waals surface area contributed by atoms with Gasteiger partial charge in [0, 0.05) is 17.8 Å². The Morgan fingerprint density at radius 1 is 1.37 bits per heavy atom. The normalized spacial score (nSPS) is 12.8. The summed E-state index contributed by atoms with van der Waals surface area (Å²) < 4.78 is 26.8. The number of aromatic nitrogens is 2. The summed E-state index contributed by atoms with van der Waals surface area (Å²) in [5.41, 5.74) is 1.17. The topological polar surface area (TPSA) is 98.6 Å². The molecule has 0 fully saturated rings. The van der Waals surface area contributed by atoms with Crippen molar-refractivity contribution < 1.29 is 8.42 Å². The Bertz CT molecular complexity index is 684. The van der Waals surface area contributed by atoms with E-state index in [1.807, 2.05) is 6.07 Å². The number of hydrogen-bond donors (Lipinski definition) is 2. The maximum absolute atomic E-state index is 12.1. The Morgan fingerprint density at radius 3 is 2.58 bits per heavy atom. The predicted octanol–water partition coefficient (Wildman–Crippen LogP) is 1.32. The van der Waals surface area contributed by atoms with E-state index in [-0.39, 0.29) is 10.9 Å². The Labute approximate surface area is 111 Å². The third-order valence-corrected chi connectivity index (χ3v) is 4.20. The second kappa shape index (κ2) is 5.22. The van der Waals surface area contributed by atoms with Crippen molar-refractivity contribution in [2.45, 2.75) is 17.9 Å². The van der Waals surface area contributed by atoms with Crippen LogP contribution in [0.5, 0.6) is 0 Å². The molecule has 6 nitrogen and oxygen atoms in total. The van der Waals surface area contributed by atoms with Gasteiger partial charge in [0.2, 0.25) is 10.0 Å². The van der Waals surface area contributed by atoms with Crippen LogP contribution in [0, 0.1) is 11.3 Å². The third-order valence-electron chi connectivity index (χ3n) is 2.65. The molecule has 98 valence electrons. The fourth-order valence-electron chi connectivity index (χ4n) is 1.58. The van der Waals surface area contributed by atoms with Crippen molar-refractivity contribution in [3.05, 3.63) is 47.8 Å². The highest BCUT2D eigenvalue weighted by Gasteiger charge is 2.18. The standard InChI is InChI=1S/C12H12N4O2S/c1-9(11-7-14-15-8-11)16-19(17,18)12-4-2-10(6-13)3-5-12/h2-5,7-9,16H,1H3,(H,14,15). The molecule has 0 saturated carbocycles. The molecule has 1 aromatic carbocycles. The average molecular weight is 276 g/mol. The summed E-state index contributed by atoms with van der Waals surface area (Å²) in [6.07, 6.45) is 3.19. The van der Waals surface area contributed by atoms with Gasteiger partial charge in [-0.1, -0.05) is 0 Å². The van der Waals surface area contributed by atoms with Crippen molar-refractivity contribution in [1.82, 2.24) is 14.9 Å². The van der Waals surface area contributed by atoms with Crippen LogP contribution in [0.15, 0.2) is 41.6 Å². The van der Waals surface area contributed by atoms with E-state index in [9.17, 15) is 8.42 Å². The summed E-state index contributed by atoms with van der Waals surface area (Å²) in [4.78, 5) is 0.127. The molecule has 0 aliphatic heterocycles. The van der Waals surface area contributed by atoms with Gasteiger partial charge >= 0.3 is 0 Å². The van der Waals surface area contributed by atoms with Gasteiger partial charge in [0.25, 0.3) is 0 Å². The molecule has 0 aliphatic rings. The first-order chi connectivity index (χ1) is 9.03. The Balaban J connectivity index is 2.20. The summed E-state index contributed by atoms with van der Waals surface area (Å²) in [6.45, 7) is 1.73. The monoisotopic (exact) mass is 276 g/mol. The molecule has 2 rings (SSSR count). The molecule has 1 aromatic heterocycles. The predicted molar refractivity (Wildman–Crippen MR) is 68.5 cm³/mol. The zero-order valence-electron chi connectivity index (χ0n) is 10.2. The van der Waals surface area contributed by atoms with E-state index in [4.69, 9.17) is 5.26 Å². The van der Waals surface area contributed by atoms with Crippen molar-refractivity contribution in [3.63, 3.8) is 0 Å². The number of nitriles is 1. The largest absolute Gasteiger partial charge is 0.285 e. The van der Waals surface area contributed by atoms with Crippen LogP contribution in [0.2, 0.25) is 0 Å². The van der Waals surface area contributed by atoms with E-state index < -0.39 is 10.0 Å². The Kier molecular flexibility index (Phi) is 3.64. The van der Waals surface area contributed by atoms with Crippen LogP contribution in [-0.4, -0.2) is 18.6 Å². The SMILES string of the molecule is CC(NS(=O)(=O)c1ccc(C#N)cc1)c1cn[nH]c1. The van der Waals surface area contributed by atoms with Crippen LogP contribution < -0.4 is 4.72 Å². The molecule has 19 heavy (non-hydrogen) atoms. The molecule has 0 saturated heterocycles. The van der Waals surface area contributed by atoms with E-state index in [2.05, 4.69) is 14.9 Å². The molecule has 1 atom stereocenters. The minimum atomic E-state index is -3.61. The van der Waals surface area contributed by atoms with E-state index in [0.29, 0.717) is 5.56 Å². The molecule has 0 bridgehead atoms. The molecular formula is C12H12N4O2S. The quantitative estimate of drug-likeness (QED) is 0.879. The van der Waals surface area contributed by atoms with Gasteiger partial charge in [0.1, 0.15) is 0 Å². The molecule has 2 N–H and O–H groups in total. The Hall–Kier alpha value is -2.17. The number of nitrogens with zero attached hydrogens (tertiary/aromatic N) is 2. The van der Waals surface area contributed by atoms with Crippen molar-refractivity contribution in [1.29, 1.82) is 5.26 Å². The summed E-state index contributed by atoms with van der Waals surface area (Å²) in [5, 5.41) is 15.1. The van der Waals surface area contributed by atoms with Gasteiger partial charge in [-0.3, -0.25) is 5.10 Å². The third kappa shape index (κ3) is 2.99. The minimum Gasteiger partial charge on any atom is -0.285 e. The maximum atomic E-state index is 12.1. The number of rotatable bonds is 4. The van der Waals surface area contributed by atoms with Gasteiger partial charge in [0.05, 0.1) is 22.7 Å². The maximum Gasteiger partial charge on any atom is 0.241 e. The van der Waals surface area contributed by atoms with E-state index in [1.165, 1.54) is 24.3 Å². The average Bonchev–Trinajstić information content (AvgIpc) is 2.92. The summed E-state index contributed by atoms with van der Waals surface area (Å²) in [7, 11) is -3.61. The smallest absolute Gasteiger partial charge is 0.241 e. The van der Waals surface area contributed by atoms with Gasteiger partial charge in [0.15, 0.2) is 0 Å². The first-order valence-corrected chi connectivity index (χ1v) is 7.02. The molecule has 1 heterocycles. The summed E-state index contributed by atoms with van der Waals surface area (Å²) in [6, 6.07) is 7.30. The number of sulfonamides is 1. The Morgan fingerprint density at radius 2 is 2.05 bits per heavy atom. The highest BCUT2D eigenvalue weighted by Crippen LogP contribution is 2.16. The van der Waals surface area contributed by atoms with Crippen molar-refractivity contribution >= 4 is 10.0 Å². The first-order valence-electron chi connectivity index (χ1n) is 5.54. The van der Waals surface area contributed by atoms with Crippen LogP contribution in [0.25, 0.3) is 0 Å². The number of H-pyrrole nitrogens is 1. The van der Waals surface area contributed by atoms with E-state index in [0.717, 1.165) is 5.56 Å². The highest BCUT2D eigenvalue weighted by molar-refractivity contribution is 7.89. The lowest BCUT2D eigenvalue weighted by molar-refractivity contribution is 0.567. The minimum absolute atomic E-state index is 0.127. The van der Waals surface area contributed by atoms with Crippen molar-refractivity contribution in [2.24, 2.45) is 0 Å². The van der Waals surface area contributed by atoms with Gasteiger partial charge in [-0.05, 0) is 31.2 Å². The first kappa shape index (κ1) is 13.3. The van der Waals surface area contributed by atoms with Crippen LogP contribution in [0.1, 0.15) is 24.1 Å². The summed E-state index contributed by atoms with van der Waals surface area (Å²) in [5.74, 6) is 0. The second-order valence-electron chi connectivity index (χ2n) is 4.01. The van der Waals surface area contributed by atoms with Crippen LogP contribution in [-0.2, 0) is 10.0 Å². The molecule has 1 unspecified atom stereocenters. The van der Waals surface area contributed by atoms with Gasteiger partial charge < -0.3 is 0 Å². The molecule has 0 amide bonds. The lowest BCUT2D eigenvalue weighted by Crippen LogP contribution is -2.26. The number of aromatic amines is 1. The van der Waals surface area contributed by atoms with Crippen LogP contribution in [0.4, 0.5) is 0 Å². The van der Waals surface area contributed by atoms with Crippen LogP contribution >= 0.6 is 0 Å². The summed E-state index contributed by atoms with van der Waals surface area (Å²) >= 11 is 0. The van der Waals surface area contributed by atoms with Crippen molar-refractivity contribution in [2.75, 3.05) is 0 Å². The molecule has 2 aromatic rings. The highest BCUT2D eigenvalue weighted by atomic mass is 32.2. The molecule has 7 heteroatoms. The molecule has 0 radical (unpaired) electrons. The van der Waals surface area contributed by atoms with Crippen LogP contribution in [0.3, 0.4) is 0 Å². The number of hydrogen-bond acceptors (Lipinski definition) is 4. The molecule has 0 aliphatic carbocycles. The van der Waals surface area contributed by atoms with Gasteiger partial charge in [-0.15, -0.1) is 0 Å². The van der Waals surface area contributed by atoms with E-state index >= 15 is 0 Å². The molecule has 0 spiro atoms. The fraction of sp³-hybridized carbons (Fsp3) is 0.167. The van der Waals surface area contributed by atoms with E-state index in [1.54, 1.807) is 19.3 Å². The lowest BCUT2D eigenvalue weighted by Gasteiger charge is -2.12.